The summed E-state index contributed by atoms with van der Waals surface area (Å²) in [5.41, 5.74) is 0.667. The molecular formula is C14H19ClFNO. The van der Waals surface area contributed by atoms with Gasteiger partial charge in [-0.25, -0.2) is 4.39 Å². The van der Waals surface area contributed by atoms with E-state index in [2.05, 4.69) is 11.8 Å². The van der Waals surface area contributed by atoms with Crippen LogP contribution in [0.25, 0.3) is 0 Å². The Morgan fingerprint density at radius 3 is 3.00 bits per heavy atom. The minimum Gasteiger partial charge on any atom is -0.393 e. The number of halogens is 2. The molecule has 0 aromatic heterocycles. The topological polar surface area (TPSA) is 23.5 Å². The quantitative estimate of drug-likeness (QED) is 0.914. The molecule has 1 fully saturated rings. The first-order valence-corrected chi connectivity index (χ1v) is 6.80. The van der Waals surface area contributed by atoms with Crippen molar-refractivity contribution in [2.24, 2.45) is 0 Å². The third-order valence-electron chi connectivity index (χ3n) is 3.69. The zero-order valence-electron chi connectivity index (χ0n) is 10.6. The summed E-state index contributed by atoms with van der Waals surface area (Å²) in [5, 5.41) is 9.75. The van der Waals surface area contributed by atoms with Crippen LogP contribution < -0.4 is 0 Å². The highest BCUT2D eigenvalue weighted by molar-refractivity contribution is 6.30. The number of aliphatic hydroxyl groups excluding tert-OH is 1. The maximum absolute atomic E-state index is 13.7. The van der Waals surface area contributed by atoms with Gasteiger partial charge in [-0.3, -0.25) is 0 Å². The van der Waals surface area contributed by atoms with E-state index in [0.29, 0.717) is 18.0 Å². The zero-order valence-corrected chi connectivity index (χ0v) is 11.3. The molecule has 0 radical (unpaired) electrons. The number of rotatable bonds is 3. The molecule has 0 aliphatic carbocycles. The van der Waals surface area contributed by atoms with E-state index in [1.807, 2.05) is 0 Å². The van der Waals surface area contributed by atoms with E-state index in [0.717, 1.165) is 25.9 Å². The monoisotopic (exact) mass is 271 g/mol. The second-order valence-electron chi connectivity index (χ2n) is 5.03. The Kier molecular flexibility index (Phi) is 4.60. The van der Waals surface area contributed by atoms with Crippen LogP contribution in [0.4, 0.5) is 4.39 Å². The Labute approximate surface area is 112 Å². The van der Waals surface area contributed by atoms with Gasteiger partial charge in [-0.15, -0.1) is 0 Å². The molecule has 2 unspecified atom stereocenters. The fourth-order valence-corrected chi connectivity index (χ4v) is 2.73. The van der Waals surface area contributed by atoms with Crippen molar-refractivity contribution in [2.75, 3.05) is 13.1 Å². The van der Waals surface area contributed by atoms with Crippen molar-refractivity contribution in [2.45, 2.75) is 38.3 Å². The van der Waals surface area contributed by atoms with E-state index in [1.54, 1.807) is 18.2 Å². The van der Waals surface area contributed by atoms with Crippen molar-refractivity contribution in [3.8, 4) is 0 Å². The number of piperidine rings is 1. The summed E-state index contributed by atoms with van der Waals surface area (Å²) in [7, 11) is 0. The van der Waals surface area contributed by atoms with Gasteiger partial charge in [-0.2, -0.15) is 0 Å². The molecule has 1 N–H and O–H groups in total. The summed E-state index contributed by atoms with van der Waals surface area (Å²) in [5.74, 6) is -0.302. The highest BCUT2D eigenvalue weighted by Crippen LogP contribution is 2.21. The molecule has 2 rings (SSSR count). The Morgan fingerprint density at radius 1 is 1.50 bits per heavy atom. The average Bonchev–Trinajstić information content (AvgIpc) is 2.33. The van der Waals surface area contributed by atoms with Gasteiger partial charge < -0.3 is 10.0 Å². The normalized spacial score (nSPS) is 25.3. The lowest BCUT2D eigenvalue weighted by atomic mass is 10.00. The molecule has 1 aliphatic heterocycles. The van der Waals surface area contributed by atoms with Gasteiger partial charge in [-0.05, 0) is 37.8 Å². The second kappa shape index (κ2) is 6.00. The van der Waals surface area contributed by atoms with Crippen LogP contribution in [0.15, 0.2) is 18.2 Å². The molecule has 1 saturated heterocycles. The molecule has 4 heteroatoms. The molecule has 1 aromatic carbocycles. The molecule has 0 bridgehead atoms. The number of aliphatic hydroxyl groups is 1. The van der Waals surface area contributed by atoms with Crippen molar-refractivity contribution in [1.82, 2.24) is 4.90 Å². The molecule has 2 nitrogen and oxygen atoms in total. The van der Waals surface area contributed by atoms with Gasteiger partial charge in [0.05, 0.1) is 11.1 Å². The van der Waals surface area contributed by atoms with Crippen molar-refractivity contribution >= 4 is 11.6 Å². The Bertz CT molecular complexity index is 413. The maximum Gasteiger partial charge on any atom is 0.145 e. The number of benzene rings is 1. The lowest BCUT2D eigenvalue weighted by molar-refractivity contribution is 0.0489. The van der Waals surface area contributed by atoms with Crippen molar-refractivity contribution in [1.29, 1.82) is 0 Å². The van der Waals surface area contributed by atoms with E-state index in [9.17, 15) is 9.50 Å². The van der Waals surface area contributed by atoms with Crippen molar-refractivity contribution in [3.63, 3.8) is 0 Å². The molecule has 1 heterocycles. The predicted molar refractivity (Wildman–Crippen MR) is 71.4 cm³/mol. The molecule has 0 amide bonds. The minimum atomic E-state index is -0.302. The predicted octanol–water partition coefficient (Wildman–Crippen LogP) is 2.87. The summed E-state index contributed by atoms with van der Waals surface area (Å²) in [6, 6.07) is 5.49. The SMILES string of the molecule is CC1CC(O)CCN1CCc1cccc(Cl)c1F. The first-order valence-electron chi connectivity index (χ1n) is 6.43. The van der Waals surface area contributed by atoms with Gasteiger partial charge in [0.15, 0.2) is 0 Å². The van der Waals surface area contributed by atoms with E-state index in [4.69, 9.17) is 11.6 Å². The van der Waals surface area contributed by atoms with E-state index < -0.39 is 0 Å². The largest absolute Gasteiger partial charge is 0.393 e. The third-order valence-corrected chi connectivity index (χ3v) is 3.98. The lowest BCUT2D eigenvalue weighted by Crippen LogP contribution is -2.43. The van der Waals surface area contributed by atoms with Crippen LogP contribution in [0, 0.1) is 5.82 Å². The fourth-order valence-electron chi connectivity index (χ4n) is 2.53. The Morgan fingerprint density at radius 2 is 2.28 bits per heavy atom. The Hall–Kier alpha value is -0.640. The van der Waals surface area contributed by atoms with Crippen LogP contribution in [0.3, 0.4) is 0 Å². The summed E-state index contributed by atoms with van der Waals surface area (Å²) in [6.45, 7) is 3.80. The van der Waals surface area contributed by atoms with Crippen molar-refractivity contribution < 1.29 is 9.50 Å². The standard InChI is InChI=1S/C14H19ClFNO/c1-10-9-12(18)6-8-17(10)7-5-11-3-2-4-13(15)14(11)16/h2-4,10,12,18H,5-9H2,1H3. The highest BCUT2D eigenvalue weighted by Gasteiger charge is 2.23. The van der Waals surface area contributed by atoms with Crippen LogP contribution in [0.1, 0.15) is 25.3 Å². The van der Waals surface area contributed by atoms with Gasteiger partial charge >= 0.3 is 0 Å². The molecule has 100 valence electrons. The van der Waals surface area contributed by atoms with Gasteiger partial charge in [0, 0.05) is 19.1 Å². The molecule has 18 heavy (non-hydrogen) atoms. The van der Waals surface area contributed by atoms with Crippen LogP contribution in [-0.4, -0.2) is 35.2 Å². The average molecular weight is 272 g/mol. The van der Waals surface area contributed by atoms with Gasteiger partial charge in [-0.1, -0.05) is 23.7 Å². The summed E-state index contributed by atoms with van der Waals surface area (Å²) < 4.78 is 13.7. The Balaban J connectivity index is 1.93. The maximum atomic E-state index is 13.7. The van der Waals surface area contributed by atoms with Gasteiger partial charge in [0.1, 0.15) is 5.82 Å². The van der Waals surface area contributed by atoms with E-state index >= 15 is 0 Å². The van der Waals surface area contributed by atoms with Crippen molar-refractivity contribution in [3.05, 3.63) is 34.6 Å². The fraction of sp³-hybridized carbons (Fsp3) is 0.571. The third kappa shape index (κ3) is 3.22. The van der Waals surface area contributed by atoms with E-state index in [-0.39, 0.29) is 16.9 Å². The molecule has 1 aliphatic rings. The second-order valence-corrected chi connectivity index (χ2v) is 5.43. The smallest absolute Gasteiger partial charge is 0.145 e. The van der Waals surface area contributed by atoms with Crippen LogP contribution in [0.5, 0.6) is 0 Å². The minimum absolute atomic E-state index is 0.181. The molecule has 0 spiro atoms. The number of hydrogen-bond donors (Lipinski definition) is 1. The molecule has 1 aromatic rings. The van der Waals surface area contributed by atoms with E-state index in [1.165, 1.54) is 0 Å². The van der Waals surface area contributed by atoms with Crippen LogP contribution in [0.2, 0.25) is 5.02 Å². The number of hydrogen-bond acceptors (Lipinski definition) is 2. The van der Waals surface area contributed by atoms with Gasteiger partial charge in [0.2, 0.25) is 0 Å². The highest BCUT2D eigenvalue weighted by atomic mass is 35.5. The zero-order chi connectivity index (χ0) is 13.1. The first kappa shape index (κ1) is 13.8. The first-order chi connectivity index (χ1) is 8.58. The lowest BCUT2D eigenvalue weighted by Gasteiger charge is -2.35. The van der Waals surface area contributed by atoms with Crippen LogP contribution in [-0.2, 0) is 6.42 Å². The summed E-state index contributed by atoms with van der Waals surface area (Å²) >= 11 is 5.76. The van der Waals surface area contributed by atoms with Crippen LogP contribution >= 0.6 is 11.6 Å². The molecule has 2 atom stereocenters. The number of likely N-dealkylation sites (tertiary alicyclic amines) is 1. The summed E-state index contributed by atoms with van der Waals surface area (Å²) in [6.07, 6.45) is 2.09. The number of nitrogens with zero attached hydrogens (tertiary/aromatic N) is 1. The molecular weight excluding hydrogens is 253 g/mol. The molecule has 0 saturated carbocycles. The summed E-state index contributed by atoms with van der Waals surface area (Å²) in [4.78, 5) is 2.30. The van der Waals surface area contributed by atoms with Gasteiger partial charge in [0.25, 0.3) is 0 Å².